The largest absolute Gasteiger partial charge is 0.466 e. The van der Waals surface area contributed by atoms with Crippen molar-refractivity contribution in [3.63, 3.8) is 0 Å². The fraction of sp³-hybridized carbons (Fsp3) is 0.778. The normalized spacial score (nSPS) is 10.9. The van der Waals surface area contributed by atoms with Gasteiger partial charge in [-0.1, -0.05) is 0 Å². The molecule has 0 radical (unpaired) electrons. The van der Waals surface area contributed by atoms with E-state index in [9.17, 15) is 18.0 Å². The Bertz CT molecular complexity index is 349. The standard InChI is InChI=1S/C9H17NO5S/c1-4-15-9(12)5-6-10(2)8(11)7-16(3,13)14/h4-7H2,1-3H3. The predicted molar refractivity (Wildman–Crippen MR) is 58.6 cm³/mol. The minimum absolute atomic E-state index is 0.0693. The topological polar surface area (TPSA) is 80.8 Å². The van der Waals surface area contributed by atoms with E-state index in [1.165, 1.54) is 11.9 Å². The molecule has 94 valence electrons. The Morgan fingerprint density at radius 1 is 1.31 bits per heavy atom. The Labute approximate surface area is 95.5 Å². The quantitative estimate of drug-likeness (QED) is 0.591. The highest BCUT2D eigenvalue weighted by Crippen LogP contribution is 1.94. The van der Waals surface area contributed by atoms with Crippen LogP contribution in [0.1, 0.15) is 13.3 Å². The van der Waals surface area contributed by atoms with E-state index in [1.807, 2.05) is 0 Å². The maximum absolute atomic E-state index is 11.3. The molecule has 7 heteroatoms. The maximum atomic E-state index is 11.3. The summed E-state index contributed by atoms with van der Waals surface area (Å²) in [6.45, 7) is 2.14. The van der Waals surface area contributed by atoms with E-state index in [4.69, 9.17) is 0 Å². The number of ether oxygens (including phenoxy) is 1. The van der Waals surface area contributed by atoms with Crippen molar-refractivity contribution in [2.24, 2.45) is 0 Å². The van der Waals surface area contributed by atoms with Crippen LogP contribution in [0.25, 0.3) is 0 Å². The molecular weight excluding hydrogens is 234 g/mol. The number of sulfone groups is 1. The molecule has 16 heavy (non-hydrogen) atoms. The van der Waals surface area contributed by atoms with Crippen LogP contribution in [0, 0.1) is 0 Å². The van der Waals surface area contributed by atoms with Crippen molar-refractivity contribution in [2.45, 2.75) is 13.3 Å². The molecule has 0 heterocycles. The minimum Gasteiger partial charge on any atom is -0.466 e. The van der Waals surface area contributed by atoms with Gasteiger partial charge in [0.25, 0.3) is 0 Å². The maximum Gasteiger partial charge on any atom is 0.307 e. The van der Waals surface area contributed by atoms with E-state index in [0.717, 1.165) is 6.26 Å². The first-order valence-corrected chi connectivity index (χ1v) is 6.89. The molecule has 0 saturated heterocycles. The molecule has 0 unspecified atom stereocenters. The average Bonchev–Trinajstić information content (AvgIpc) is 2.11. The molecule has 0 N–H and O–H groups in total. The summed E-state index contributed by atoms with van der Waals surface area (Å²) in [4.78, 5) is 23.5. The van der Waals surface area contributed by atoms with Crippen LogP contribution in [0.2, 0.25) is 0 Å². The van der Waals surface area contributed by atoms with Crippen LogP contribution < -0.4 is 0 Å². The number of hydrogen-bond acceptors (Lipinski definition) is 5. The number of amides is 1. The van der Waals surface area contributed by atoms with Gasteiger partial charge in [-0.15, -0.1) is 0 Å². The summed E-state index contributed by atoms with van der Waals surface area (Å²) < 4.78 is 26.4. The highest BCUT2D eigenvalue weighted by atomic mass is 32.2. The lowest BCUT2D eigenvalue weighted by Crippen LogP contribution is -2.34. The summed E-state index contributed by atoms with van der Waals surface area (Å²) in [5.74, 6) is -1.46. The second kappa shape index (κ2) is 6.47. The van der Waals surface area contributed by atoms with Gasteiger partial charge in [-0.25, -0.2) is 8.42 Å². The Morgan fingerprint density at radius 3 is 2.31 bits per heavy atom. The van der Waals surface area contributed by atoms with Crippen LogP contribution in [0.15, 0.2) is 0 Å². The molecule has 0 aliphatic carbocycles. The van der Waals surface area contributed by atoms with Gasteiger partial charge in [0.2, 0.25) is 5.91 Å². The Balaban J connectivity index is 4.02. The van der Waals surface area contributed by atoms with Crippen molar-refractivity contribution in [3.8, 4) is 0 Å². The zero-order chi connectivity index (χ0) is 12.8. The summed E-state index contributed by atoms with van der Waals surface area (Å²) in [6, 6.07) is 0. The summed E-state index contributed by atoms with van der Waals surface area (Å²) in [7, 11) is -1.87. The number of carbonyl (C=O) groups excluding carboxylic acids is 2. The first-order chi connectivity index (χ1) is 7.26. The SMILES string of the molecule is CCOC(=O)CCN(C)C(=O)CS(C)(=O)=O. The molecule has 0 saturated carbocycles. The van der Waals surface area contributed by atoms with Gasteiger partial charge < -0.3 is 9.64 Å². The fourth-order valence-electron chi connectivity index (χ4n) is 0.951. The van der Waals surface area contributed by atoms with Crippen LogP contribution in [0.5, 0.6) is 0 Å². The highest BCUT2D eigenvalue weighted by molar-refractivity contribution is 7.91. The average molecular weight is 251 g/mol. The minimum atomic E-state index is -3.32. The van der Waals surface area contributed by atoms with Gasteiger partial charge in [0, 0.05) is 19.8 Å². The zero-order valence-corrected chi connectivity index (χ0v) is 10.5. The van der Waals surface area contributed by atoms with Gasteiger partial charge in [-0.05, 0) is 6.92 Å². The Hall–Kier alpha value is -1.11. The molecule has 0 aromatic carbocycles. The second-order valence-corrected chi connectivity index (χ2v) is 5.58. The highest BCUT2D eigenvalue weighted by Gasteiger charge is 2.16. The van der Waals surface area contributed by atoms with Crippen molar-refractivity contribution >= 4 is 21.7 Å². The van der Waals surface area contributed by atoms with Gasteiger partial charge >= 0.3 is 5.97 Å². The lowest BCUT2D eigenvalue weighted by atomic mass is 10.4. The number of carbonyl (C=O) groups is 2. The van der Waals surface area contributed by atoms with Gasteiger partial charge in [-0.2, -0.15) is 0 Å². The first kappa shape index (κ1) is 14.9. The number of hydrogen-bond donors (Lipinski definition) is 0. The van der Waals surface area contributed by atoms with Crippen LogP contribution in [0.4, 0.5) is 0 Å². The van der Waals surface area contributed by atoms with Crippen LogP contribution in [-0.4, -0.2) is 57.4 Å². The van der Waals surface area contributed by atoms with E-state index < -0.39 is 27.5 Å². The fourth-order valence-corrected chi connectivity index (χ4v) is 1.62. The Kier molecular flexibility index (Phi) is 6.02. The number of rotatable bonds is 6. The van der Waals surface area contributed by atoms with Gasteiger partial charge in [-0.3, -0.25) is 9.59 Å². The molecule has 0 aromatic rings. The second-order valence-electron chi connectivity index (χ2n) is 3.44. The van der Waals surface area contributed by atoms with Gasteiger partial charge in [0.05, 0.1) is 13.0 Å². The molecule has 0 atom stereocenters. The van der Waals surface area contributed by atoms with Crippen LogP contribution >= 0.6 is 0 Å². The summed E-state index contributed by atoms with van der Waals surface area (Å²) >= 11 is 0. The van der Waals surface area contributed by atoms with Crippen molar-refractivity contribution in [3.05, 3.63) is 0 Å². The van der Waals surface area contributed by atoms with E-state index in [2.05, 4.69) is 4.74 Å². The molecule has 0 fully saturated rings. The van der Waals surface area contributed by atoms with Crippen LogP contribution in [0.3, 0.4) is 0 Å². The Morgan fingerprint density at radius 2 is 1.88 bits per heavy atom. The first-order valence-electron chi connectivity index (χ1n) is 4.83. The van der Waals surface area contributed by atoms with E-state index in [1.54, 1.807) is 6.92 Å². The van der Waals surface area contributed by atoms with Crippen molar-refractivity contribution in [1.29, 1.82) is 0 Å². The third-order valence-corrected chi connectivity index (χ3v) is 2.54. The van der Waals surface area contributed by atoms with Gasteiger partial charge in [0.15, 0.2) is 9.84 Å². The summed E-state index contributed by atoms with van der Waals surface area (Å²) in [5, 5.41) is 0. The summed E-state index contributed by atoms with van der Waals surface area (Å²) in [5.41, 5.74) is 0. The molecule has 0 aliphatic heterocycles. The predicted octanol–water partition coefficient (Wildman–Crippen LogP) is -0.557. The lowest BCUT2D eigenvalue weighted by molar-refractivity contribution is -0.143. The third-order valence-electron chi connectivity index (χ3n) is 1.77. The molecule has 0 aliphatic rings. The van der Waals surface area contributed by atoms with Crippen molar-refractivity contribution in [1.82, 2.24) is 4.90 Å². The molecule has 0 bridgehead atoms. The van der Waals surface area contributed by atoms with Gasteiger partial charge in [0.1, 0.15) is 5.75 Å². The van der Waals surface area contributed by atoms with Crippen LogP contribution in [-0.2, 0) is 24.2 Å². The molecule has 6 nitrogen and oxygen atoms in total. The molecule has 0 aromatic heterocycles. The van der Waals surface area contributed by atoms with E-state index in [-0.39, 0.29) is 13.0 Å². The molecule has 0 spiro atoms. The van der Waals surface area contributed by atoms with E-state index in [0.29, 0.717) is 6.61 Å². The smallest absolute Gasteiger partial charge is 0.307 e. The zero-order valence-electron chi connectivity index (χ0n) is 9.73. The lowest BCUT2D eigenvalue weighted by Gasteiger charge is -2.15. The molecule has 0 rings (SSSR count). The molecule has 1 amide bonds. The third kappa shape index (κ3) is 7.22. The van der Waals surface area contributed by atoms with E-state index >= 15 is 0 Å². The summed E-state index contributed by atoms with van der Waals surface area (Å²) in [6.07, 6.45) is 1.06. The molecular formula is C9H17NO5S. The monoisotopic (exact) mass is 251 g/mol. The van der Waals surface area contributed by atoms with Crippen molar-refractivity contribution in [2.75, 3.05) is 32.2 Å². The van der Waals surface area contributed by atoms with Crippen molar-refractivity contribution < 1.29 is 22.7 Å². The number of nitrogens with zero attached hydrogens (tertiary/aromatic N) is 1. The number of esters is 1.